The van der Waals surface area contributed by atoms with Crippen LogP contribution in [0, 0.1) is 17.0 Å². The Balaban J connectivity index is 2.40. The van der Waals surface area contributed by atoms with E-state index in [1.54, 1.807) is 6.92 Å². The Kier molecular flexibility index (Phi) is 2.91. The van der Waals surface area contributed by atoms with Gasteiger partial charge in [0.05, 0.1) is 4.92 Å². The molecule has 1 N–H and O–H groups in total. The molecule has 0 aliphatic heterocycles. The summed E-state index contributed by atoms with van der Waals surface area (Å²) in [6, 6.07) is 0. The van der Waals surface area contributed by atoms with E-state index < -0.39 is 4.92 Å². The quantitative estimate of drug-likeness (QED) is 0.511. The summed E-state index contributed by atoms with van der Waals surface area (Å²) in [5.41, 5.74) is 0.0671. The zero-order valence-corrected chi connectivity index (χ0v) is 10.4. The molecule has 0 radical (unpaired) electrons. The number of nitro groups is 1. The molecule has 1 heterocycles. The van der Waals surface area contributed by atoms with Gasteiger partial charge < -0.3 is 5.32 Å². The monoisotopic (exact) mass is 256 g/mol. The summed E-state index contributed by atoms with van der Waals surface area (Å²) < 4.78 is 0. The van der Waals surface area contributed by atoms with Crippen LogP contribution in [-0.4, -0.2) is 20.4 Å². The average molecular weight is 257 g/mol. The number of aryl methyl sites for hydroxylation is 1. The fourth-order valence-electron chi connectivity index (χ4n) is 1.96. The summed E-state index contributed by atoms with van der Waals surface area (Å²) in [4.78, 5) is 18.2. The Morgan fingerprint density at radius 1 is 1.47 bits per heavy atom. The van der Waals surface area contributed by atoms with Crippen molar-refractivity contribution in [3.05, 3.63) is 21.1 Å². The predicted octanol–water partition coefficient (Wildman–Crippen LogP) is 2.70. The standard InChI is InChI=1S/C10H13ClN4O2/c1-6-7(15(16)17)8(13-9(11)12-6)14-10(2)4-3-5-10/h3-5H2,1-2H3,(H,12,13,14). The van der Waals surface area contributed by atoms with Crippen molar-refractivity contribution in [1.29, 1.82) is 0 Å². The van der Waals surface area contributed by atoms with E-state index in [4.69, 9.17) is 11.6 Å². The van der Waals surface area contributed by atoms with E-state index in [0.29, 0.717) is 0 Å². The van der Waals surface area contributed by atoms with Crippen LogP contribution in [0.4, 0.5) is 11.5 Å². The number of nitrogens with zero attached hydrogens (tertiary/aromatic N) is 3. The van der Waals surface area contributed by atoms with Crippen molar-refractivity contribution in [3.63, 3.8) is 0 Å². The highest BCUT2D eigenvalue weighted by Gasteiger charge is 2.35. The minimum absolute atomic E-state index is 0.0264. The van der Waals surface area contributed by atoms with Gasteiger partial charge in [0.2, 0.25) is 11.1 Å². The van der Waals surface area contributed by atoms with Crippen molar-refractivity contribution in [2.24, 2.45) is 0 Å². The molecule has 0 spiro atoms. The lowest BCUT2D eigenvalue weighted by Gasteiger charge is -2.39. The molecule has 1 aliphatic carbocycles. The molecule has 92 valence electrons. The van der Waals surface area contributed by atoms with Crippen LogP contribution in [0.3, 0.4) is 0 Å². The summed E-state index contributed by atoms with van der Waals surface area (Å²) in [6.07, 6.45) is 3.07. The summed E-state index contributed by atoms with van der Waals surface area (Å²) in [5.74, 6) is 0.217. The van der Waals surface area contributed by atoms with Crippen LogP contribution in [-0.2, 0) is 0 Å². The molecular weight excluding hydrogens is 244 g/mol. The van der Waals surface area contributed by atoms with Gasteiger partial charge in [0.25, 0.3) is 0 Å². The van der Waals surface area contributed by atoms with E-state index in [-0.39, 0.29) is 28.0 Å². The fourth-order valence-corrected chi connectivity index (χ4v) is 2.17. The molecule has 17 heavy (non-hydrogen) atoms. The maximum atomic E-state index is 11.0. The Bertz CT molecular complexity index is 474. The van der Waals surface area contributed by atoms with Gasteiger partial charge in [-0.25, -0.2) is 4.98 Å². The molecular formula is C10H13ClN4O2. The van der Waals surface area contributed by atoms with Crippen LogP contribution in [0.5, 0.6) is 0 Å². The Labute approximate surface area is 104 Å². The Morgan fingerprint density at radius 2 is 2.12 bits per heavy atom. The third kappa shape index (κ3) is 2.31. The molecule has 1 aromatic rings. The third-order valence-electron chi connectivity index (χ3n) is 3.09. The van der Waals surface area contributed by atoms with Gasteiger partial charge in [-0.2, -0.15) is 4.98 Å². The number of aromatic nitrogens is 2. The van der Waals surface area contributed by atoms with E-state index >= 15 is 0 Å². The van der Waals surface area contributed by atoms with Gasteiger partial charge >= 0.3 is 5.69 Å². The van der Waals surface area contributed by atoms with Crippen molar-refractivity contribution in [2.75, 3.05) is 5.32 Å². The molecule has 1 aromatic heterocycles. The number of rotatable bonds is 3. The second-order valence-corrected chi connectivity index (χ2v) is 4.91. The maximum Gasteiger partial charge on any atom is 0.332 e. The van der Waals surface area contributed by atoms with Gasteiger partial charge in [0.1, 0.15) is 5.69 Å². The molecule has 0 bridgehead atoms. The molecule has 1 aliphatic rings. The van der Waals surface area contributed by atoms with Gasteiger partial charge in [0, 0.05) is 5.54 Å². The SMILES string of the molecule is Cc1nc(Cl)nc(NC2(C)CCC2)c1[N+](=O)[O-]. The lowest BCUT2D eigenvalue weighted by Crippen LogP contribution is -2.42. The largest absolute Gasteiger partial charge is 0.359 e. The number of hydrogen-bond donors (Lipinski definition) is 1. The first kappa shape index (κ1) is 12.0. The van der Waals surface area contributed by atoms with Gasteiger partial charge in [0.15, 0.2) is 0 Å². The van der Waals surface area contributed by atoms with E-state index in [1.807, 2.05) is 6.92 Å². The first-order chi connectivity index (χ1) is 7.91. The van der Waals surface area contributed by atoms with Crippen LogP contribution in [0.2, 0.25) is 5.28 Å². The topological polar surface area (TPSA) is 81.0 Å². The number of nitrogens with one attached hydrogen (secondary N) is 1. The predicted molar refractivity (Wildman–Crippen MR) is 64.3 cm³/mol. The molecule has 0 saturated heterocycles. The number of anilines is 1. The number of hydrogen-bond acceptors (Lipinski definition) is 5. The van der Waals surface area contributed by atoms with Crippen LogP contribution in [0.1, 0.15) is 31.9 Å². The lowest BCUT2D eigenvalue weighted by molar-refractivity contribution is -0.385. The Hall–Kier alpha value is -1.43. The van der Waals surface area contributed by atoms with Gasteiger partial charge in [-0.05, 0) is 44.7 Å². The first-order valence-corrected chi connectivity index (χ1v) is 5.76. The maximum absolute atomic E-state index is 11.0. The third-order valence-corrected chi connectivity index (χ3v) is 3.26. The lowest BCUT2D eigenvalue weighted by atomic mass is 9.78. The second kappa shape index (κ2) is 4.10. The Morgan fingerprint density at radius 3 is 2.59 bits per heavy atom. The minimum Gasteiger partial charge on any atom is -0.359 e. The summed E-state index contributed by atoms with van der Waals surface area (Å²) >= 11 is 5.73. The van der Waals surface area contributed by atoms with E-state index in [1.165, 1.54) is 0 Å². The molecule has 0 unspecified atom stereocenters. The fraction of sp³-hybridized carbons (Fsp3) is 0.600. The molecule has 1 saturated carbocycles. The van der Waals surface area contributed by atoms with E-state index in [2.05, 4.69) is 15.3 Å². The zero-order valence-electron chi connectivity index (χ0n) is 9.66. The van der Waals surface area contributed by atoms with Crippen LogP contribution in [0.25, 0.3) is 0 Å². The van der Waals surface area contributed by atoms with Crippen molar-refractivity contribution in [1.82, 2.24) is 9.97 Å². The molecule has 1 fully saturated rings. The molecule has 0 aromatic carbocycles. The van der Waals surface area contributed by atoms with Gasteiger partial charge in [-0.1, -0.05) is 0 Å². The minimum atomic E-state index is -0.476. The highest BCUT2D eigenvalue weighted by molar-refractivity contribution is 6.28. The average Bonchev–Trinajstić information content (AvgIpc) is 2.13. The summed E-state index contributed by atoms with van der Waals surface area (Å²) in [7, 11) is 0. The highest BCUT2D eigenvalue weighted by Crippen LogP contribution is 2.37. The van der Waals surface area contributed by atoms with Crippen LogP contribution < -0.4 is 5.32 Å². The molecule has 6 nitrogen and oxygen atoms in total. The normalized spacial score (nSPS) is 17.4. The highest BCUT2D eigenvalue weighted by atomic mass is 35.5. The van der Waals surface area contributed by atoms with Crippen molar-refractivity contribution < 1.29 is 4.92 Å². The van der Waals surface area contributed by atoms with Crippen molar-refractivity contribution in [3.8, 4) is 0 Å². The summed E-state index contributed by atoms with van der Waals surface area (Å²) in [6.45, 7) is 3.57. The first-order valence-electron chi connectivity index (χ1n) is 5.38. The van der Waals surface area contributed by atoms with E-state index in [9.17, 15) is 10.1 Å². The molecule has 7 heteroatoms. The molecule has 0 atom stereocenters. The van der Waals surface area contributed by atoms with Gasteiger partial charge in [-0.15, -0.1) is 0 Å². The van der Waals surface area contributed by atoms with Crippen molar-refractivity contribution in [2.45, 2.75) is 38.6 Å². The van der Waals surface area contributed by atoms with Crippen molar-refractivity contribution >= 4 is 23.1 Å². The van der Waals surface area contributed by atoms with E-state index in [0.717, 1.165) is 19.3 Å². The summed E-state index contributed by atoms with van der Waals surface area (Å²) in [5, 5.41) is 14.1. The second-order valence-electron chi connectivity index (χ2n) is 4.57. The number of halogens is 1. The van der Waals surface area contributed by atoms with Crippen LogP contribution in [0.15, 0.2) is 0 Å². The smallest absolute Gasteiger partial charge is 0.332 e. The van der Waals surface area contributed by atoms with Gasteiger partial charge in [-0.3, -0.25) is 10.1 Å². The van der Waals surface area contributed by atoms with Crippen LogP contribution >= 0.6 is 11.6 Å². The zero-order chi connectivity index (χ0) is 12.6. The molecule has 2 rings (SSSR count). The molecule has 0 amide bonds.